The molecule has 0 bridgehead atoms. The Morgan fingerprint density at radius 3 is 2.37 bits per heavy atom. The summed E-state index contributed by atoms with van der Waals surface area (Å²) in [6, 6.07) is 6.07. The fraction of sp³-hybridized carbons (Fsp3) is 0.0769. The third kappa shape index (κ3) is 2.96. The van der Waals surface area contributed by atoms with Gasteiger partial charge in [0.25, 0.3) is 6.43 Å². The molecule has 2 nitrogen and oxygen atoms in total. The third-order valence-corrected chi connectivity index (χ3v) is 2.38. The fourth-order valence-corrected chi connectivity index (χ4v) is 1.50. The number of nitrogen functional groups attached to an aromatic ring is 1. The quantitative estimate of drug-likeness (QED) is 0.668. The van der Waals surface area contributed by atoms with E-state index in [9.17, 15) is 17.6 Å². The third-order valence-electron chi connectivity index (χ3n) is 2.38. The van der Waals surface area contributed by atoms with Crippen molar-refractivity contribution in [1.29, 1.82) is 0 Å². The van der Waals surface area contributed by atoms with Crippen molar-refractivity contribution in [2.45, 2.75) is 6.43 Å². The smallest absolute Gasteiger partial charge is 0.267 e. The highest BCUT2D eigenvalue weighted by molar-refractivity contribution is 5.49. The molecule has 0 atom stereocenters. The van der Waals surface area contributed by atoms with Crippen LogP contribution < -0.4 is 10.5 Å². The van der Waals surface area contributed by atoms with Crippen LogP contribution in [0.3, 0.4) is 0 Å². The first-order valence-corrected chi connectivity index (χ1v) is 5.28. The van der Waals surface area contributed by atoms with Crippen LogP contribution in [-0.4, -0.2) is 0 Å². The second kappa shape index (κ2) is 5.17. The van der Waals surface area contributed by atoms with Gasteiger partial charge in [0.15, 0.2) is 11.6 Å². The van der Waals surface area contributed by atoms with E-state index >= 15 is 0 Å². The van der Waals surface area contributed by atoms with E-state index in [0.29, 0.717) is 0 Å². The molecular weight excluding hydrogens is 262 g/mol. The van der Waals surface area contributed by atoms with Gasteiger partial charge < -0.3 is 10.5 Å². The van der Waals surface area contributed by atoms with E-state index in [-0.39, 0.29) is 11.4 Å². The summed E-state index contributed by atoms with van der Waals surface area (Å²) in [6.45, 7) is 0. The van der Waals surface area contributed by atoms with Gasteiger partial charge >= 0.3 is 0 Å². The molecule has 19 heavy (non-hydrogen) atoms. The number of hydrogen-bond acceptors (Lipinski definition) is 2. The molecule has 0 saturated carbocycles. The molecule has 0 fully saturated rings. The predicted molar refractivity (Wildman–Crippen MR) is 62.2 cm³/mol. The lowest BCUT2D eigenvalue weighted by atomic mass is 10.2. The van der Waals surface area contributed by atoms with E-state index in [1.807, 2.05) is 0 Å². The molecule has 0 spiro atoms. The Kier molecular flexibility index (Phi) is 3.59. The number of halogens is 4. The van der Waals surface area contributed by atoms with Gasteiger partial charge in [0.2, 0.25) is 0 Å². The molecule has 2 N–H and O–H groups in total. The Morgan fingerprint density at radius 2 is 1.68 bits per heavy atom. The molecular formula is C13H9F4NO. The lowest BCUT2D eigenvalue weighted by molar-refractivity contribution is 0.148. The first kappa shape index (κ1) is 13.2. The van der Waals surface area contributed by atoms with E-state index < -0.39 is 29.4 Å². The van der Waals surface area contributed by atoms with Crippen LogP contribution >= 0.6 is 0 Å². The Bertz CT molecular complexity index is 601. The second-order valence-corrected chi connectivity index (χ2v) is 3.77. The zero-order valence-electron chi connectivity index (χ0n) is 9.54. The standard InChI is InChI=1S/C13H9F4NO/c14-7-1-3-10(15)12(5-7)19-11-4-2-8(18)6-9(11)13(16)17/h1-6,13H,18H2. The van der Waals surface area contributed by atoms with E-state index in [1.54, 1.807) is 0 Å². The van der Waals surface area contributed by atoms with Crippen LogP contribution in [0.2, 0.25) is 0 Å². The van der Waals surface area contributed by atoms with Crippen molar-refractivity contribution in [3.05, 3.63) is 53.6 Å². The van der Waals surface area contributed by atoms with Crippen LogP contribution in [0.1, 0.15) is 12.0 Å². The number of ether oxygens (including phenoxy) is 1. The average Bonchev–Trinajstić information content (AvgIpc) is 2.35. The minimum Gasteiger partial charge on any atom is -0.454 e. The highest BCUT2D eigenvalue weighted by Crippen LogP contribution is 2.34. The summed E-state index contributed by atoms with van der Waals surface area (Å²) in [4.78, 5) is 0. The van der Waals surface area contributed by atoms with Gasteiger partial charge in [0.05, 0.1) is 5.56 Å². The van der Waals surface area contributed by atoms with E-state index in [1.165, 1.54) is 12.1 Å². The van der Waals surface area contributed by atoms with Crippen LogP contribution in [0.25, 0.3) is 0 Å². The van der Waals surface area contributed by atoms with Gasteiger partial charge in [-0.25, -0.2) is 17.6 Å². The monoisotopic (exact) mass is 271 g/mol. The summed E-state index contributed by atoms with van der Waals surface area (Å²) in [5, 5.41) is 0. The maximum atomic E-state index is 13.4. The summed E-state index contributed by atoms with van der Waals surface area (Å²) in [7, 11) is 0. The normalized spacial score (nSPS) is 10.8. The first-order valence-electron chi connectivity index (χ1n) is 5.28. The van der Waals surface area contributed by atoms with Crippen molar-refractivity contribution in [3.8, 4) is 11.5 Å². The molecule has 0 amide bonds. The molecule has 0 radical (unpaired) electrons. The Balaban J connectivity index is 2.40. The molecule has 6 heteroatoms. The predicted octanol–water partition coefficient (Wildman–Crippen LogP) is 4.28. The lowest BCUT2D eigenvalue weighted by Crippen LogP contribution is -1.96. The van der Waals surface area contributed by atoms with Crippen LogP contribution in [0.15, 0.2) is 36.4 Å². The van der Waals surface area contributed by atoms with Gasteiger partial charge in [0.1, 0.15) is 11.6 Å². The molecule has 2 aromatic carbocycles. The van der Waals surface area contributed by atoms with Crippen molar-refractivity contribution >= 4 is 5.69 Å². The highest BCUT2D eigenvalue weighted by Gasteiger charge is 2.16. The maximum Gasteiger partial charge on any atom is 0.267 e. The van der Waals surface area contributed by atoms with Gasteiger partial charge in [0, 0.05) is 11.8 Å². The van der Waals surface area contributed by atoms with Crippen molar-refractivity contribution in [2.24, 2.45) is 0 Å². The number of rotatable bonds is 3. The first-order chi connectivity index (χ1) is 8.97. The van der Waals surface area contributed by atoms with Crippen LogP contribution in [0.5, 0.6) is 11.5 Å². The van der Waals surface area contributed by atoms with Gasteiger partial charge in [-0.2, -0.15) is 0 Å². The summed E-state index contributed by atoms with van der Waals surface area (Å²) < 4.78 is 56.9. The Labute approximate surface area is 106 Å². The molecule has 0 saturated heterocycles. The molecule has 0 aliphatic carbocycles. The average molecular weight is 271 g/mol. The zero-order valence-corrected chi connectivity index (χ0v) is 9.54. The van der Waals surface area contributed by atoms with Crippen molar-refractivity contribution in [3.63, 3.8) is 0 Å². The number of nitrogens with two attached hydrogens (primary N) is 1. The number of benzene rings is 2. The number of hydrogen-bond donors (Lipinski definition) is 1. The molecule has 0 unspecified atom stereocenters. The zero-order chi connectivity index (χ0) is 14.0. The van der Waals surface area contributed by atoms with Crippen LogP contribution in [0.4, 0.5) is 23.2 Å². The topological polar surface area (TPSA) is 35.2 Å². The summed E-state index contributed by atoms with van der Waals surface area (Å²) in [6.07, 6.45) is -2.84. The number of anilines is 1. The Hall–Kier alpha value is -2.24. The molecule has 2 rings (SSSR count). The van der Waals surface area contributed by atoms with E-state index in [0.717, 1.165) is 24.3 Å². The minimum atomic E-state index is -2.84. The summed E-state index contributed by atoms with van der Waals surface area (Å²) in [5.41, 5.74) is 5.03. The second-order valence-electron chi connectivity index (χ2n) is 3.77. The van der Waals surface area contributed by atoms with Gasteiger partial charge in [-0.1, -0.05) is 0 Å². The maximum absolute atomic E-state index is 13.4. The van der Waals surface area contributed by atoms with Crippen molar-refractivity contribution < 1.29 is 22.3 Å². The molecule has 2 aromatic rings. The Morgan fingerprint density at radius 1 is 0.947 bits per heavy atom. The van der Waals surface area contributed by atoms with Crippen LogP contribution in [0, 0.1) is 11.6 Å². The molecule has 0 aliphatic heterocycles. The van der Waals surface area contributed by atoms with Gasteiger partial charge in [-0.05, 0) is 30.3 Å². The van der Waals surface area contributed by atoms with Crippen molar-refractivity contribution in [1.82, 2.24) is 0 Å². The SMILES string of the molecule is Nc1ccc(Oc2cc(F)ccc2F)c(C(F)F)c1. The molecule has 0 aliphatic rings. The minimum absolute atomic E-state index is 0.127. The van der Waals surface area contributed by atoms with E-state index in [2.05, 4.69) is 0 Å². The largest absolute Gasteiger partial charge is 0.454 e. The number of alkyl halides is 2. The summed E-state index contributed by atoms with van der Waals surface area (Å²) in [5.74, 6) is -2.32. The molecule has 0 heterocycles. The van der Waals surface area contributed by atoms with Gasteiger partial charge in [-0.3, -0.25) is 0 Å². The van der Waals surface area contributed by atoms with E-state index in [4.69, 9.17) is 10.5 Å². The molecule has 100 valence electrons. The highest BCUT2D eigenvalue weighted by atomic mass is 19.3. The van der Waals surface area contributed by atoms with Gasteiger partial charge in [-0.15, -0.1) is 0 Å². The van der Waals surface area contributed by atoms with Crippen LogP contribution in [-0.2, 0) is 0 Å². The summed E-state index contributed by atoms with van der Waals surface area (Å²) >= 11 is 0. The van der Waals surface area contributed by atoms with Crippen molar-refractivity contribution in [2.75, 3.05) is 5.73 Å². The fourth-order valence-electron chi connectivity index (χ4n) is 1.50. The lowest BCUT2D eigenvalue weighted by Gasteiger charge is -2.12. The molecule has 0 aromatic heterocycles.